The topological polar surface area (TPSA) is 52.6 Å². The van der Waals surface area contributed by atoms with Gasteiger partial charge in [-0.1, -0.05) is 17.7 Å². The Morgan fingerprint density at radius 3 is 2.94 bits per heavy atom. The van der Waals surface area contributed by atoms with Crippen molar-refractivity contribution in [3.63, 3.8) is 0 Å². The van der Waals surface area contributed by atoms with Crippen LogP contribution in [0.25, 0.3) is 0 Å². The van der Waals surface area contributed by atoms with Gasteiger partial charge < -0.3 is 10.4 Å². The smallest absolute Gasteiger partial charge is 0.234 e. The third-order valence-electron chi connectivity index (χ3n) is 2.26. The zero-order valence-electron chi connectivity index (χ0n) is 10.1. The Bertz CT molecular complexity index is 395. The van der Waals surface area contributed by atoms with Crippen LogP contribution in [0.2, 0.25) is 4.34 Å². The quantitative estimate of drug-likeness (QED) is 0.713. The number of hydrogen-bond donors (Lipinski definition) is 2. The maximum Gasteiger partial charge on any atom is 0.234 e. The fourth-order valence-corrected chi connectivity index (χ4v) is 2.48. The molecule has 1 heterocycles. The van der Waals surface area contributed by atoms with Crippen molar-refractivity contribution < 1.29 is 9.90 Å². The first-order chi connectivity index (χ1) is 8.65. The molecule has 0 saturated carbocycles. The number of halogens is 1. The first-order valence-corrected chi connectivity index (χ1v) is 6.80. The SMILES string of the molecule is C=CCN(CCO)CC(=O)NCc1ccc(Cl)s1. The number of thiophene rings is 1. The number of aliphatic hydroxyl groups excluding tert-OH is 1. The highest BCUT2D eigenvalue weighted by molar-refractivity contribution is 7.16. The summed E-state index contributed by atoms with van der Waals surface area (Å²) < 4.78 is 0.716. The summed E-state index contributed by atoms with van der Waals surface area (Å²) in [5.74, 6) is -0.0742. The van der Waals surface area contributed by atoms with Gasteiger partial charge in [0, 0.05) is 18.0 Å². The second kappa shape index (κ2) is 8.26. The monoisotopic (exact) mass is 288 g/mol. The van der Waals surface area contributed by atoms with E-state index < -0.39 is 0 Å². The molecule has 4 nitrogen and oxygen atoms in total. The van der Waals surface area contributed by atoms with Crippen LogP contribution in [0.15, 0.2) is 24.8 Å². The molecule has 0 bridgehead atoms. The van der Waals surface area contributed by atoms with E-state index in [1.165, 1.54) is 11.3 Å². The first-order valence-electron chi connectivity index (χ1n) is 5.60. The van der Waals surface area contributed by atoms with E-state index in [4.69, 9.17) is 16.7 Å². The Labute approximate surface area is 116 Å². The summed E-state index contributed by atoms with van der Waals surface area (Å²) in [5.41, 5.74) is 0. The molecule has 0 saturated heterocycles. The van der Waals surface area contributed by atoms with E-state index in [2.05, 4.69) is 11.9 Å². The van der Waals surface area contributed by atoms with Crippen LogP contribution >= 0.6 is 22.9 Å². The molecule has 1 rings (SSSR count). The normalized spacial score (nSPS) is 10.6. The molecule has 0 spiro atoms. The predicted molar refractivity (Wildman–Crippen MR) is 74.9 cm³/mol. The zero-order chi connectivity index (χ0) is 13.4. The number of hydrogen-bond acceptors (Lipinski definition) is 4. The van der Waals surface area contributed by atoms with Crippen molar-refractivity contribution in [3.8, 4) is 0 Å². The highest BCUT2D eigenvalue weighted by atomic mass is 35.5. The molecule has 100 valence electrons. The molecule has 0 unspecified atom stereocenters. The number of aliphatic hydroxyl groups is 1. The Hall–Kier alpha value is -0.880. The summed E-state index contributed by atoms with van der Waals surface area (Å²) >= 11 is 7.25. The predicted octanol–water partition coefficient (Wildman–Crippen LogP) is 1.50. The number of amides is 1. The van der Waals surface area contributed by atoms with E-state index in [9.17, 15) is 4.79 Å². The van der Waals surface area contributed by atoms with E-state index in [0.717, 1.165) is 4.88 Å². The molecule has 1 aromatic rings. The van der Waals surface area contributed by atoms with Gasteiger partial charge in [-0.15, -0.1) is 17.9 Å². The average molecular weight is 289 g/mol. The lowest BCUT2D eigenvalue weighted by Crippen LogP contribution is -2.38. The molecule has 2 N–H and O–H groups in total. The number of carbonyl (C=O) groups is 1. The van der Waals surface area contributed by atoms with E-state index in [1.54, 1.807) is 6.08 Å². The summed E-state index contributed by atoms with van der Waals surface area (Å²) in [5, 5.41) is 11.7. The van der Waals surface area contributed by atoms with E-state index in [1.807, 2.05) is 17.0 Å². The Balaban J connectivity index is 2.33. The molecule has 0 aromatic carbocycles. The van der Waals surface area contributed by atoms with Crippen LogP contribution < -0.4 is 5.32 Å². The van der Waals surface area contributed by atoms with Crippen molar-refractivity contribution >= 4 is 28.8 Å². The van der Waals surface area contributed by atoms with E-state index in [-0.39, 0.29) is 19.1 Å². The summed E-state index contributed by atoms with van der Waals surface area (Å²) in [7, 11) is 0. The van der Waals surface area contributed by atoms with Gasteiger partial charge in [0.1, 0.15) is 0 Å². The first kappa shape index (κ1) is 15.2. The van der Waals surface area contributed by atoms with Gasteiger partial charge in [-0.25, -0.2) is 0 Å². The number of rotatable bonds is 8. The van der Waals surface area contributed by atoms with E-state index >= 15 is 0 Å². The molecule has 0 fully saturated rings. The zero-order valence-corrected chi connectivity index (χ0v) is 11.6. The third-order valence-corrected chi connectivity index (χ3v) is 3.49. The lowest BCUT2D eigenvalue weighted by molar-refractivity contribution is -0.122. The van der Waals surface area contributed by atoms with Gasteiger partial charge in [-0.05, 0) is 12.1 Å². The molecule has 0 atom stereocenters. The Kier molecular flexibility index (Phi) is 6.97. The van der Waals surface area contributed by atoms with Crippen molar-refractivity contribution in [2.45, 2.75) is 6.54 Å². The molecule has 0 radical (unpaired) electrons. The summed E-state index contributed by atoms with van der Waals surface area (Å²) in [6.45, 7) is 5.43. The van der Waals surface area contributed by atoms with Crippen LogP contribution in [0.3, 0.4) is 0 Å². The maximum atomic E-state index is 11.7. The summed E-state index contributed by atoms with van der Waals surface area (Å²) in [4.78, 5) is 14.5. The third kappa shape index (κ3) is 5.64. The molecule has 1 aromatic heterocycles. The van der Waals surface area contributed by atoms with E-state index in [0.29, 0.717) is 24.0 Å². The summed E-state index contributed by atoms with van der Waals surface area (Å²) in [6.07, 6.45) is 1.71. The Morgan fingerprint density at radius 1 is 1.61 bits per heavy atom. The average Bonchev–Trinajstić information content (AvgIpc) is 2.73. The van der Waals surface area contributed by atoms with Gasteiger partial charge in [-0.3, -0.25) is 9.69 Å². The lowest BCUT2D eigenvalue weighted by Gasteiger charge is -2.18. The summed E-state index contributed by atoms with van der Waals surface area (Å²) in [6, 6.07) is 3.70. The van der Waals surface area contributed by atoms with Crippen molar-refractivity contribution in [1.82, 2.24) is 10.2 Å². The van der Waals surface area contributed by atoms with Gasteiger partial charge in [0.15, 0.2) is 0 Å². The van der Waals surface area contributed by atoms with Crippen molar-refractivity contribution in [2.24, 2.45) is 0 Å². The lowest BCUT2D eigenvalue weighted by atomic mass is 10.4. The number of carbonyl (C=O) groups excluding carboxylic acids is 1. The molecular weight excluding hydrogens is 272 g/mol. The van der Waals surface area contributed by atoms with Crippen LogP contribution in [0.5, 0.6) is 0 Å². The molecular formula is C12H17ClN2O2S. The van der Waals surface area contributed by atoms with Gasteiger partial charge in [-0.2, -0.15) is 0 Å². The van der Waals surface area contributed by atoms with Gasteiger partial charge in [0.25, 0.3) is 0 Å². The minimum absolute atomic E-state index is 0.0294. The molecule has 1 amide bonds. The maximum absolute atomic E-state index is 11.7. The highest BCUT2D eigenvalue weighted by Crippen LogP contribution is 2.20. The Morgan fingerprint density at radius 2 is 2.39 bits per heavy atom. The molecule has 18 heavy (non-hydrogen) atoms. The van der Waals surface area contributed by atoms with Gasteiger partial charge >= 0.3 is 0 Å². The number of nitrogens with one attached hydrogen (secondary N) is 1. The van der Waals surface area contributed by atoms with Crippen molar-refractivity contribution in [1.29, 1.82) is 0 Å². The molecule has 6 heteroatoms. The van der Waals surface area contributed by atoms with Crippen LogP contribution in [0.1, 0.15) is 4.88 Å². The minimum Gasteiger partial charge on any atom is -0.395 e. The minimum atomic E-state index is -0.0742. The molecule has 0 aliphatic rings. The van der Waals surface area contributed by atoms with Gasteiger partial charge in [0.2, 0.25) is 5.91 Å². The highest BCUT2D eigenvalue weighted by Gasteiger charge is 2.09. The van der Waals surface area contributed by atoms with Crippen LogP contribution in [-0.4, -0.2) is 42.2 Å². The van der Waals surface area contributed by atoms with Crippen molar-refractivity contribution in [2.75, 3.05) is 26.2 Å². The van der Waals surface area contributed by atoms with Crippen LogP contribution in [0, 0.1) is 0 Å². The molecule has 0 aliphatic carbocycles. The fourth-order valence-electron chi connectivity index (χ4n) is 1.45. The van der Waals surface area contributed by atoms with Crippen LogP contribution in [-0.2, 0) is 11.3 Å². The second-order valence-corrected chi connectivity index (χ2v) is 5.53. The standard InChI is InChI=1S/C12H17ClN2O2S/c1-2-5-15(6-7-16)9-12(17)14-8-10-3-4-11(13)18-10/h2-4,16H,1,5-9H2,(H,14,17). The van der Waals surface area contributed by atoms with Gasteiger partial charge in [0.05, 0.1) is 24.0 Å². The van der Waals surface area contributed by atoms with Crippen LogP contribution in [0.4, 0.5) is 0 Å². The molecule has 0 aliphatic heterocycles. The number of nitrogens with zero attached hydrogens (tertiary/aromatic N) is 1. The second-order valence-electron chi connectivity index (χ2n) is 3.73. The fraction of sp³-hybridized carbons (Fsp3) is 0.417. The van der Waals surface area contributed by atoms with Crippen molar-refractivity contribution in [3.05, 3.63) is 34.0 Å². The largest absolute Gasteiger partial charge is 0.395 e.